The summed E-state index contributed by atoms with van der Waals surface area (Å²) in [6.07, 6.45) is 1.64. The molecule has 0 aliphatic carbocycles. The maximum Gasteiger partial charge on any atom is 0.273 e. The number of hydrogen-bond acceptors (Lipinski definition) is 5. The maximum absolute atomic E-state index is 13.1. The Morgan fingerprint density at radius 1 is 0.824 bits per heavy atom. The van der Waals surface area contributed by atoms with E-state index in [2.05, 4.69) is 16.0 Å². The van der Waals surface area contributed by atoms with Crippen LogP contribution in [0.4, 0.5) is 0 Å². The highest BCUT2D eigenvalue weighted by Gasteiger charge is 2.20. The van der Waals surface area contributed by atoms with Crippen molar-refractivity contribution in [3.63, 3.8) is 0 Å². The minimum absolute atomic E-state index is 0.303. The van der Waals surface area contributed by atoms with Gasteiger partial charge in [-0.2, -0.15) is 5.10 Å². The standard InChI is InChI=1S/C26H24N4O4/c1-17-8-7-9-18(14-17)24-21(16-30(29-24)20-10-5-4-6-11-20)26(32)28-27-25(31)19-12-13-22(33-2)23(15-19)34-3/h4-16H,1-3H3,(H,27,31)(H,28,32). The van der Waals surface area contributed by atoms with Crippen LogP contribution in [0.25, 0.3) is 16.9 Å². The Hall–Kier alpha value is -4.59. The van der Waals surface area contributed by atoms with E-state index in [1.807, 2.05) is 61.5 Å². The van der Waals surface area contributed by atoms with Crippen LogP contribution in [0.1, 0.15) is 26.3 Å². The first kappa shape index (κ1) is 22.6. The number of hydrazine groups is 1. The van der Waals surface area contributed by atoms with Crippen molar-refractivity contribution in [2.24, 2.45) is 0 Å². The molecule has 0 spiro atoms. The fourth-order valence-corrected chi connectivity index (χ4v) is 3.49. The van der Waals surface area contributed by atoms with Crippen LogP contribution in [-0.4, -0.2) is 35.8 Å². The first-order valence-corrected chi connectivity index (χ1v) is 10.5. The molecule has 34 heavy (non-hydrogen) atoms. The molecule has 0 saturated carbocycles. The van der Waals surface area contributed by atoms with E-state index in [1.165, 1.54) is 20.3 Å². The molecule has 0 unspecified atom stereocenters. The van der Waals surface area contributed by atoms with Crippen molar-refractivity contribution in [1.29, 1.82) is 0 Å². The Kier molecular flexibility index (Phi) is 6.59. The number of para-hydroxylation sites is 1. The molecule has 0 radical (unpaired) electrons. The molecule has 0 aliphatic heterocycles. The van der Waals surface area contributed by atoms with Gasteiger partial charge in [-0.25, -0.2) is 4.68 Å². The van der Waals surface area contributed by atoms with E-state index >= 15 is 0 Å². The van der Waals surface area contributed by atoms with E-state index in [0.29, 0.717) is 28.3 Å². The lowest BCUT2D eigenvalue weighted by atomic mass is 10.1. The summed E-state index contributed by atoms with van der Waals surface area (Å²) in [7, 11) is 3.00. The van der Waals surface area contributed by atoms with Gasteiger partial charge in [0.05, 0.1) is 25.5 Å². The summed E-state index contributed by atoms with van der Waals surface area (Å²) >= 11 is 0. The van der Waals surface area contributed by atoms with Crippen LogP contribution in [-0.2, 0) is 0 Å². The second-order valence-corrected chi connectivity index (χ2v) is 7.52. The zero-order valence-corrected chi connectivity index (χ0v) is 19.0. The van der Waals surface area contributed by atoms with Crippen LogP contribution < -0.4 is 20.3 Å². The summed E-state index contributed by atoms with van der Waals surface area (Å²) in [5.41, 5.74) is 8.72. The third-order valence-corrected chi connectivity index (χ3v) is 5.21. The first-order chi connectivity index (χ1) is 16.5. The number of carbonyl (C=O) groups excluding carboxylic acids is 2. The average Bonchev–Trinajstić information content (AvgIpc) is 3.33. The number of amides is 2. The maximum atomic E-state index is 13.1. The Labute approximate surface area is 197 Å². The molecule has 2 N–H and O–H groups in total. The van der Waals surface area contributed by atoms with Crippen molar-refractivity contribution in [3.8, 4) is 28.4 Å². The summed E-state index contributed by atoms with van der Waals surface area (Å²) < 4.78 is 12.1. The highest BCUT2D eigenvalue weighted by atomic mass is 16.5. The number of aryl methyl sites for hydroxylation is 1. The van der Waals surface area contributed by atoms with E-state index in [9.17, 15) is 9.59 Å². The second kappa shape index (κ2) is 9.91. The van der Waals surface area contributed by atoms with Gasteiger partial charge in [0, 0.05) is 17.3 Å². The van der Waals surface area contributed by atoms with Gasteiger partial charge >= 0.3 is 0 Å². The minimum Gasteiger partial charge on any atom is -0.493 e. The summed E-state index contributed by atoms with van der Waals surface area (Å²) in [5.74, 6) is -0.0825. The molecule has 8 nitrogen and oxygen atoms in total. The summed E-state index contributed by atoms with van der Waals surface area (Å²) in [5, 5.41) is 4.65. The first-order valence-electron chi connectivity index (χ1n) is 10.5. The van der Waals surface area contributed by atoms with Crippen LogP contribution in [0, 0.1) is 6.92 Å². The average molecular weight is 457 g/mol. The van der Waals surface area contributed by atoms with Gasteiger partial charge in [0.1, 0.15) is 5.69 Å². The number of methoxy groups -OCH3 is 2. The SMILES string of the molecule is COc1ccc(C(=O)NNC(=O)c2cn(-c3ccccc3)nc2-c2cccc(C)c2)cc1OC. The lowest BCUT2D eigenvalue weighted by Gasteiger charge is -2.11. The summed E-state index contributed by atoms with van der Waals surface area (Å²) in [6, 6.07) is 22.0. The van der Waals surface area contributed by atoms with E-state index in [0.717, 1.165) is 16.8 Å². The van der Waals surface area contributed by atoms with E-state index in [4.69, 9.17) is 9.47 Å². The zero-order chi connectivity index (χ0) is 24.1. The predicted octanol–water partition coefficient (Wildman–Crippen LogP) is 3.94. The highest BCUT2D eigenvalue weighted by molar-refractivity contribution is 6.02. The van der Waals surface area contributed by atoms with Gasteiger partial charge in [0.25, 0.3) is 11.8 Å². The third-order valence-electron chi connectivity index (χ3n) is 5.21. The van der Waals surface area contributed by atoms with Gasteiger partial charge in [0.2, 0.25) is 0 Å². The normalized spacial score (nSPS) is 10.4. The Bertz CT molecular complexity index is 1330. The fraction of sp³-hybridized carbons (Fsp3) is 0.115. The lowest BCUT2D eigenvalue weighted by molar-refractivity contribution is 0.0847. The topological polar surface area (TPSA) is 94.5 Å². The van der Waals surface area contributed by atoms with E-state index in [1.54, 1.807) is 23.0 Å². The molecular formula is C26H24N4O4. The van der Waals surface area contributed by atoms with Crippen molar-refractivity contribution in [3.05, 3.63) is 95.7 Å². The number of hydrogen-bond donors (Lipinski definition) is 2. The van der Waals surface area contributed by atoms with Gasteiger partial charge in [-0.15, -0.1) is 0 Å². The number of aromatic nitrogens is 2. The smallest absolute Gasteiger partial charge is 0.273 e. The van der Waals surface area contributed by atoms with Gasteiger partial charge in [-0.3, -0.25) is 20.4 Å². The number of ether oxygens (including phenoxy) is 2. The largest absolute Gasteiger partial charge is 0.493 e. The van der Waals surface area contributed by atoms with Crippen LogP contribution in [0.2, 0.25) is 0 Å². The number of nitrogens with one attached hydrogen (secondary N) is 2. The van der Waals surface area contributed by atoms with Crippen LogP contribution >= 0.6 is 0 Å². The predicted molar refractivity (Wildman–Crippen MR) is 128 cm³/mol. The molecule has 3 aromatic carbocycles. The lowest BCUT2D eigenvalue weighted by Crippen LogP contribution is -2.41. The quantitative estimate of drug-likeness (QED) is 0.429. The molecule has 8 heteroatoms. The highest BCUT2D eigenvalue weighted by Crippen LogP contribution is 2.27. The molecule has 4 rings (SSSR count). The van der Waals surface area contributed by atoms with Crippen molar-refractivity contribution >= 4 is 11.8 Å². The molecule has 172 valence electrons. The molecule has 0 bridgehead atoms. The van der Waals surface area contributed by atoms with Crippen molar-refractivity contribution in [1.82, 2.24) is 20.6 Å². The van der Waals surface area contributed by atoms with Gasteiger partial charge < -0.3 is 9.47 Å². The molecule has 2 amide bonds. The molecule has 0 saturated heterocycles. The van der Waals surface area contributed by atoms with Gasteiger partial charge in [0.15, 0.2) is 11.5 Å². The molecular weight excluding hydrogens is 432 g/mol. The molecule has 0 atom stereocenters. The fourth-order valence-electron chi connectivity index (χ4n) is 3.49. The Balaban J connectivity index is 1.60. The molecule has 0 aliphatic rings. The van der Waals surface area contributed by atoms with Crippen molar-refractivity contribution < 1.29 is 19.1 Å². The third kappa shape index (κ3) is 4.75. The molecule has 1 aromatic heterocycles. The monoisotopic (exact) mass is 456 g/mol. The number of benzene rings is 3. The van der Waals surface area contributed by atoms with Crippen molar-refractivity contribution in [2.45, 2.75) is 6.92 Å². The Morgan fingerprint density at radius 2 is 1.56 bits per heavy atom. The van der Waals surface area contributed by atoms with Crippen molar-refractivity contribution in [2.75, 3.05) is 14.2 Å². The Morgan fingerprint density at radius 3 is 2.26 bits per heavy atom. The number of rotatable bonds is 6. The van der Waals surface area contributed by atoms with Crippen LogP contribution in [0.5, 0.6) is 11.5 Å². The summed E-state index contributed by atoms with van der Waals surface area (Å²) in [4.78, 5) is 25.7. The van der Waals surface area contributed by atoms with E-state index < -0.39 is 11.8 Å². The minimum atomic E-state index is -0.498. The number of nitrogens with zero attached hydrogens (tertiary/aromatic N) is 2. The van der Waals surface area contributed by atoms with Crippen LogP contribution in [0.3, 0.4) is 0 Å². The summed E-state index contributed by atoms with van der Waals surface area (Å²) in [6.45, 7) is 1.97. The molecule has 1 heterocycles. The second-order valence-electron chi connectivity index (χ2n) is 7.52. The van der Waals surface area contributed by atoms with Gasteiger partial charge in [-0.1, -0.05) is 42.0 Å². The van der Waals surface area contributed by atoms with Crippen LogP contribution in [0.15, 0.2) is 79.0 Å². The van der Waals surface area contributed by atoms with E-state index in [-0.39, 0.29) is 0 Å². The number of carbonyl (C=O) groups is 2. The van der Waals surface area contributed by atoms with Gasteiger partial charge in [-0.05, 0) is 43.3 Å². The molecule has 4 aromatic rings. The molecule has 0 fully saturated rings. The zero-order valence-electron chi connectivity index (χ0n) is 19.0.